The third kappa shape index (κ3) is 3.55. The lowest BCUT2D eigenvalue weighted by Crippen LogP contribution is -2.35. The van der Waals surface area contributed by atoms with Crippen LogP contribution < -0.4 is 10.6 Å². The van der Waals surface area contributed by atoms with Crippen LogP contribution in [0.2, 0.25) is 0 Å². The fraction of sp³-hybridized carbons (Fsp3) is 0.300. The van der Waals surface area contributed by atoms with Crippen molar-refractivity contribution in [2.75, 3.05) is 32.0 Å². The summed E-state index contributed by atoms with van der Waals surface area (Å²) < 4.78 is 1.88. The molecular formula is C20H23N5O. The van der Waals surface area contributed by atoms with Gasteiger partial charge in [-0.15, -0.1) is 0 Å². The summed E-state index contributed by atoms with van der Waals surface area (Å²) >= 11 is 0. The fourth-order valence-electron chi connectivity index (χ4n) is 3.76. The molecule has 1 saturated heterocycles. The molecular weight excluding hydrogens is 326 g/mol. The van der Waals surface area contributed by atoms with E-state index < -0.39 is 0 Å². The Hall–Kier alpha value is -2.86. The van der Waals surface area contributed by atoms with Gasteiger partial charge in [-0.1, -0.05) is 30.3 Å². The minimum Gasteiger partial charge on any atom is -0.338 e. The second-order valence-electron chi connectivity index (χ2n) is 6.94. The summed E-state index contributed by atoms with van der Waals surface area (Å²) in [7, 11) is 2.14. The summed E-state index contributed by atoms with van der Waals surface area (Å²) in [6, 6.07) is 14.1. The maximum absolute atomic E-state index is 12.3. The van der Waals surface area contributed by atoms with E-state index in [0.717, 1.165) is 24.4 Å². The molecule has 0 radical (unpaired) electrons. The molecule has 0 saturated carbocycles. The average molecular weight is 349 g/mol. The molecule has 0 bridgehead atoms. The van der Waals surface area contributed by atoms with Crippen molar-refractivity contribution in [3.63, 3.8) is 0 Å². The number of benzene rings is 1. The molecule has 0 aliphatic carbocycles. The number of anilines is 1. The molecule has 134 valence electrons. The lowest BCUT2D eigenvalue weighted by molar-refractivity contribution is 0.249. The van der Waals surface area contributed by atoms with Crippen molar-refractivity contribution in [3.8, 4) is 0 Å². The summed E-state index contributed by atoms with van der Waals surface area (Å²) in [4.78, 5) is 18.8. The number of pyridine rings is 1. The molecule has 2 N–H and O–H groups in total. The van der Waals surface area contributed by atoms with Crippen LogP contribution in [0.25, 0.3) is 5.65 Å². The number of imidazole rings is 1. The van der Waals surface area contributed by atoms with Crippen molar-refractivity contribution in [1.29, 1.82) is 0 Å². The smallest absolute Gasteiger partial charge is 0.319 e. The molecule has 1 fully saturated rings. The number of likely N-dealkylation sites (tertiary alicyclic amines) is 1. The van der Waals surface area contributed by atoms with Gasteiger partial charge in [-0.05, 0) is 30.7 Å². The lowest BCUT2D eigenvalue weighted by atomic mass is 9.89. The van der Waals surface area contributed by atoms with E-state index in [1.54, 1.807) is 6.20 Å². The quantitative estimate of drug-likeness (QED) is 0.761. The van der Waals surface area contributed by atoms with Crippen LogP contribution in [0.5, 0.6) is 0 Å². The van der Waals surface area contributed by atoms with Crippen LogP contribution in [-0.2, 0) is 0 Å². The van der Waals surface area contributed by atoms with Crippen LogP contribution in [0.3, 0.4) is 0 Å². The highest BCUT2D eigenvalue weighted by Crippen LogP contribution is 2.31. The Bertz CT molecular complexity index is 891. The number of aromatic nitrogens is 2. The number of nitrogens with zero attached hydrogens (tertiary/aromatic N) is 3. The number of hydrogen-bond acceptors (Lipinski definition) is 3. The Morgan fingerprint density at radius 3 is 2.88 bits per heavy atom. The van der Waals surface area contributed by atoms with Gasteiger partial charge < -0.3 is 19.9 Å². The molecule has 6 nitrogen and oxygen atoms in total. The van der Waals surface area contributed by atoms with Gasteiger partial charge in [-0.3, -0.25) is 0 Å². The fourth-order valence-corrected chi connectivity index (χ4v) is 3.76. The van der Waals surface area contributed by atoms with Crippen molar-refractivity contribution < 1.29 is 4.79 Å². The Labute approximate surface area is 152 Å². The maximum atomic E-state index is 12.3. The van der Waals surface area contributed by atoms with Crippen LogP contribution in [0.1, 0.15) is 11.5 Å². The molecule has 2 atom stereocenters. The monoisotopic (exact) mass is 349 g/mol. The third-order valence-corrected chi connectivity index (χ3v) is 5.02. The van der Waals surface area contributed by atoms with Crippen molar-refractivity contribution in [2.45, 2.75) is 5.92 Å². The second kappa shape index (κ2) is 7.17. The molecule has 3 heterocycles. The molecule has 0 spiro atoms. The highest BCUT2D eigenvalue weighted by Gasteiger charge is 2.31. The van der Waals surface area contributed by atoms with E-state index in [9.17, 15) is 4.79 Å². The number of likely N-dealkylation sites (N-methyl/N-ethyl adjacent to an activating group) is 1. The predicted molar refractivity (Wildman–Crippen MR) is 102 cm³/mol. The van der Waals surface area contributed by atoms with E-state index in [4.69, 9.17) is 0 Å². The zero-order valence-electron chi connectivity index (χ0n) is 14.8. The molecule has 2 amide bonds. The zero-order valence-corrected chi connectivity index (χ0v) is 14.8. The largest absolute Gasteiger partial charge is 0.338 e. The first-order valence-corrected chi connectivity index (χ1v) is 8.90. The molecule has 1 aliphatic heterocycles. The van der Waals surface area contributed by atoms with Crippen molar-refractivity contribution in [3.05, 3.63) is 66.6 Å². The van der Waals surface area contributed by atoms with E-state index in [1.165, 1.54) is 5.56 Å². The molecule has 4 rings (SSSR count). The normalized spacial score (nSPS) is 20.3. The number of carbonyl (C=O) groups is 1. The summed E-state index contributed by atoms with van der Waals surface area (Å²) in [6.07, 6.45) is 5.45. The molecule has 26 heavy (non-hydrogen) atoms. The van der Waals surface area contributed by atoms with Gasteiger partial charge in [-0.2, -0.15) is 0 Å². The molecule has 6 heteroatoms. The third-order valence-electron chi connectivity index (χ3n) is 5.02. The first-order chi connectivity index (χ1) is 12.7. The zero-order chi connectivity index (χ0) is 17.9. The summed E-state index contributed by atoms with van der Waals surface area (Å²) in [5.41, 5.74) is 2.95. The van der Waals surface area contributed by atoms with Gasteiger partial charge in [0, 0.05) is 44.1 Å². The minimum atomic E-state index is -0.175. The number of urea groups is 1. The number of carbonyl (C=O) groups excluding carboxylic acids is 1. The molecule has 2 aromatic heterocycles. The maximum Gasteiger partial charge on any atom is 0.319 e. The van der Waals surface area contributed by atoms with Crippen LogP contribution >= 0.6 is 0 Å². The van der Waals surface area contributed by atoms with Crippen molar-refractivity contribution in [1.82, 2.24) is 19.6 Å². The van der Waals surface area contributed by atoms with Crippen LogP contribution in [0.4, 0.5) is 10.5 Å². The van der Waals surface area contributed by atoms with Gasteiger partial charge in [0.1, 0.15) is 5.65 Å². The van der Waals surface area contributed by atoms with E-state index in [1.807, 2.05) is 35.0 Å². The van der Waals surface area contributed by atoms with Crippen LogP contribution in [0, 0.1) is 5.92 Å². The van der Waals surface area contributed by atoms with Gasteiger partial charge in [-0.25, -0.2) is 9.78 Å². The molecule has 1 aromatic carbocycles. The van der Waals surface area contributed by atoms with Gasteiger partial charge in [0.2, 0.25) is 0 Å². The second-order valence-corrected chi connectivity index (χ2v) is 6.94. The van der Waals surface area contributed by atoms with E-state index in [2.05, 4.69) is 51.8 Å². The first-order valence-electron chi connectivity index (χ1n) is 8.90. The highest BCUT2D eigenvalue weighted by atomic mass is 16.2. The molecule has 0 unspecified atom stereocenters. The number of amides is 2. The Morgan fingerprint density at radius 1 is 1.19 bits per heavy atom. The number of rotatable bonds is 4. The van der Waals surface area contributed by atoms with Gasteiger partial charge >= 0.3 is 6.03 Å². The Balaban J connectivity index is 1.37. The number of nitrogens with one attached hydrogen (secondary N) is 2. The van der Waals surface area contributed by atoms with E-state index >= 15 is 0 Å². The average Bonchev–Trinajstić information content (AvgIpc) is 3.26. The van der Waals surface area contributed by atoms with Crippen LogP contribution in [-0.4, -0.2) is 47.0 Å². The van der Waals surface area contributed by atoms with Gasteiger partial charge in [0.15, 0.2) is 0 Å². The van der Waals surface area contributed by atoms with Crippen molar-refractivity contribution in [2.24, 2.45) is 5.92 Å². The Kier molecular flexibility index (Phi) is 4.58. The summed E-state index contributed by atoms with van der Waals surface area (Å²) in [5.74, 6) is 0.855. The van der Waals surface area contributed by atoms with E-state index in [-0.39, 0.29) is 6.03 Å². The molecule has 3 aromatic rings. The Morgan fingerprint density at radius 2 is 2.04 bits per heavy atom. The van der Waals surface area contributed by atoms with E-state index in [0.29, 0.717) is 18.4 Å². The predicted octanol–water partition coefficient (Wildman–Crippen LogP) is 2.80. The SMILES string of the molecule is CN1C[C@@H](CNC(=O)Nc2ccc3nccn3c2)[C@H](c2ccccc2)C1. The number of hydrogen-bond donors (Lipinski definition) is 2. The summed E-state index contributed by atoms with van der Waals surface area (Å²) in [6.45, 7) is 2.67. The van der Waals surface area contributed by atoms with Gasteiger partial charge in [0.25, 0.3) is 0 Å². The lowest BCUT2D eigenvalue weighted by Gasteiger charge is -2.19. The standard InChI is InChI=1S/C20H23N5O/c1-24-12-16(18(14-24)15-5-3-2-4-6-15)11-22-20(26)23-17-7-8-19-21-9-10-25(19)13-17/h2-10,13,16,18H,11-12,14H2,1H3,(H2,22,23,26)/t16-,18+/m1/s1. The van der Waals surface area contributed by atoms with Gasteiger partial charge in [0.05, 0.1) is 5.69 Å². The summed E-state index contributed by atoms with van der Waals surface area (Å²) in [5, 5.41) is 5.94. The van der Waals surface area contributed by atoms with Crippen LogP contribution in [0.15, 0.2) is 61.1 Å². The highest BCUT2D eigenvalue weighted by molar-refractivity contribution is 5.89. The minimum absolute atomic E-state index is 0.175. The van der Waals surface area contributed by atoms with Crippen molar-refractivity contribution >= 4 is 17.4 Å². The molecule has 1 aliphatic rings. The number of fused-ring (bicyclic) bond motifs is 1. The first kappa shape index (κ1) is 16.6. The topological polar surface area (TPSA) is 61.7 Å².